The number of hydrogen-bond acceptors (Lipinski definition) is 0. The highest BCUT2D eigenvalue weighted by atomic mass is 19.1. The van der Waals surface area contributed by atoms with Gasteiger partial charge in [0.2, 0.25) is 0 Å². The molecule has 0 aliphatic carbocycles. The van der Waals surface area contributed by atoms with Crippen molar-refractivity contribution >= 4 is 0 Å². The highest BCUT2D eigenvalue weighted by molar-refractivity contribution is 5.32. The molecule has 0 radical (unpaired) electrons. The third-order valence-electron chi connectivity index (χ3n) is 5.01. The maximum Gasteiger partial charge on any atom is 0.127 e. The van der Waals surface area contributed by atoms with Crippen LogP contribution in [-0.2, 0) is 11.8 Å². The molecule has 0 saturated carbocycles. The maximum atomic E-state index is 14.4. The molecule has 0 aliphatic heterocycles. The molecule has 1 rings (SSSR count). The first-order valence-corrected chi connectivity index (χ1v) is 7.90. The van der Waals surface area contributed by atoms with Crippen molar-refractivity contribution in [3.05, 3.63) is 34.9 Å². The standard InChI is InChI=1S/C18H28F2/c1-6-13(7-2)10-14-11-17(20)15(12-16(14)19)18(5,8-3)9-4/h11-13H,6-10H2,1-5H3. The molecule has 1 aromatic rings. The second kappa shape index (κ2) is 7.19. The summed E-state index contributed by atoms with van der Waals surface area (Å²) in [7, 11) is 0. The van der Waals surface area contributed by atoms with Gasteiger partial charge in [-0.1, -0.05) is 47.5 Å². The lowest BCUT2D eigenvalue weighted by atomic mass is 9.77. The molecule has 0 aliphatic rings. The smallest absolute Gasteiger partial charge is 0.127 e. The van der Waals surface area contributed by atoms with Gasteiger partial charge in [-0.15, -0.1) is 0 Å². The van der Waals surface area contributed by atoms with Crippen molar-refractivity contribution in [1.82, 2.24) is 0 Å². The van der Waals surface area contributed by atoms with Crippen LogP contribution in [0.15, 0.2) is 12.1 Å². The van der Waals surface area contributed by atoms with Crippen molar-refractivity contribution < 1.29 is 8.78 Å². The van der Waals surface area contributed by atoms with Crippen LogP contribution in [0.25, 0.3) is 0 Å². The predicted molar refractivity (Wildman–Crippen MR) is 82.1 cm³/mol. The van der Waals surface area contributed by atoms with Gasteiger partial charge in [0.15, 0.2) is 0 Å². The van der Waals surface area contributed by atoms with Crippen molar-refractivity contribution in [1.29, 1.82) is 0 Å². The summed E-state index contributed by atoms with van der Waals surface area (Å²) in [4.78, 5) is 0. The van der Waals surface area contributed by atoms with E-state index in [0.717, 1.165) is 25.7 Å². The molecular weight excluding hydrogens is 254 g/mol. The molecule has 0 nitrogen and oxygen atoms in total. The van der Waals surface area contributed by atoms with Gasteiger partial charge in [-0.3, -0.25) is 0 Å². The Kier molecular flexibility index (Phi) is 6.16. The van der Waals surface area contributed by atoms with Gasteiger partial charge in [0.05, 0.1) is 0 Å². The molecule has 0 saturated heterocycles. The summed E-state index contributed by atoms with van der Waals surface area (Å²) in [6, 6.07) is 2.85. The summed E-state index contributed by atoms with van der Waals surface area (Å²) in [6.45, 7) is 10.3. The van der Waals surface area contributed by atoms with Gasteiger partial charge in [0.1, 0.15) is 11.6 Å². The van der Waals surface area contributed by atoms with Crippen LogP contribution >= 0.6 is 0 Å². The summed E-state index contributed by atoms with van der Waals surface area (Å²) >= 11 is 0. The molecule has 1 aromatic carbocycles. The summed E-state index contributed by atoms with van der Waals surface area (Å²) in [5, 5.41) is 0. The van der Waals surface area contributed by atoms with E-state index in [0.29, 0.717) is 23.5 Å². The van der Waals surface area contributed by atoms with Crippen molar-refractivity contribution in [3.8, 4) is 0 Å². The Morgan fingerprint density at radius 1 is 0.950 bits per heavy atom. The zero-order valence-corrected chi connectivity index (χ0v) is 13.5. The molecule has 2 heteroatoms. The molecule has 0 spiro atoms. The van der Waals surface area contributed by atoms with E-state index < -0.39 is 0 Å². The third-order valence-corrected chi connectivity index (χ3v) is 5.01. The average Bonchev–Trinajstić information content (AvgIpc) is 2.46. The van der Waals surface area contributed by atoms with Crippen LogP contribution in [0.2, 0.25) is 0 Å². The van der Waals surface area contributed by atoms with E-state index in [1.54, 1.807) is 0 Å². The quantitative estimate of drug-likeness (QED) is 0.573. The van der Waals surface area contributed by atoms with Crippen LogP contribution < -0.4 is 0 Å². The highest BCUT2D eigenvalue weighted by Gasteiger charge is 2.27. The van der Waals surface area contributed by atoms with Crippen LogP contribution in [0.5, 0.6) is 0 Å². The molecule has 0 amide bonds. The van der Waals surface area contributed by atoms with Crippen LogP contribution in [0.1, 0.15) is 71.4 Å². The number of benzene rings is 1. The first-order valence-electron chi connectivity index (χ1n) is 7.90. The van der Waals surface area contributed by atoms with Crippen molar-refractivity contribution in [2.24, 2.45) is 5.92 Å². The predicted octanol–water partition coefficient (Wildman–Crippen LogP) is 6.02. The molecule has 20 heavy (non-hydrogen) atoms. The second-order valence-corrected chi connectivity index (χ2v) is 6.08. The van der Waals surface area contributed by atoms with Gasteiger partial charge in [-0.25, -0.2) is 8.78 Å². The molecule has 0 unspecified atom stereocenters. The summed E-state index contributed by atoms with van der Waals surface area (Å²) in [6.07, 6.45) is 4.25. The van der Waals surface area contributed by atoms with Crippen LogP contribution in [0.4, 0.5) is 8.78 Å². The normalized spacial score (nSPS) is 12.2. The van der Waals surface area contributed by atoms with E-state index in [1.807, 2.05) is 20.8 Å². The monoisotopic (exact) mass is 282 g/mol. The van der Waals surface area contributed by atoms with E-state index in [4.69, 9.17) is 0 Å². The van der Waals surface area contributed by atoms with Crippen LogP contribution in [0, 0.1) is 17.6 Å². The van der Waals surface area contributed by atoms with Gasteiger partial charge in [0, 0.05) is 0 Å². The lowest BCUT2D eigenvalue weighted by molar-refractivity contribution is 0.408. The van der Waals surface area contributed by atoms with Gasteiger partial charge in [-0.05, 0) is 53.9 Å². The zero-order valence-electron chi connectivity index (χ0n) is 13.5. The number of rotatable bonds is 7. The lowest BCUT2D eigenvalue weighted by Crippen LogP contribution is -2.22. The van der Waals surface area contributed by atoms with E-state index in [9.17, 15) is 8.78 Å². The van der Waals surface area contributed by atoms with Gasteiger partial charge < -0.3 is 0 Å². The van der Waals surface area contributed by atoms with Gasteiger partial charge in [0.25, 0.3) is 0 Å². The first-order chi connectivity index (χ1) is 9.41. The van der Waals surface area contributed by atoms with Crippen molar-refractivity contribution in [2.75, 3.05) is 0 Å². The van der Waals surface area contributed by atoms with E-state index in [-0.39, 0.29) is 17.0 Å². The van der Waals surface area contributed by atoms with E-state index >= 15 is 0 Å². The SMILES string of the molecule is CCC(CC)Cc1cc(F)c(C(C)(CC)CC)cc1F. The van der Waals surface area contributed by atoms with Gasteiger partial charge >= 0.3 is 0 Å². The Bertz CT molecular complexity index is 429. The van der Waals surface area contributed by atoms with Crippen LogP contribution in [-0.4, -0.2) is 0 Å². The lowest BCUT2D eigenvalue weighted by Gasteiger charge is -2.28. The fraction of sp³-hybridized carbons (Fsp3) is 0.667. The summed E-state index contributed by atoms with van der Waals surface area (Å²) < 4.78 is 28.7. The number of halogens is 2. The molecule has 0 N–H and O–H groups in total. The molecule has 0 aromatic heterocycles. The van der Waals surface area contributed by atoms with E-state index in [2.05, 4.69) is 13.8 Å². The topological polar surface area (TPSA) is 0 Å². The molecule has 114 valence electrons. The molecule has 0 fully saturated rings. The van der Waals surface area contributed by atoms with Crippen molar-refractivity contribution in [3.63, 3.8) is 0 Å². The van der Waals surface area contributed by atoms with Crippen molar-refractivity contribution in [2.45, 2.75) is 72.1 Å². The Morgan fingerprint density at radius 2 is 1.50 bits per heavy atom. The van der Waals surface area contributed by atoms with E-state index in [1.165, 1.54) is 12.1 Å². The summed E-state index contributed by atoms with van der Waals surface area (Å²) in [5.41, 5.74) is 0.765. The molecule has 0 atom stereocenters. The first kappa shape index (κ1) is 17.1. The summed E-state index contributed by atoms with van der Waals surface area (Å²) in [5.74, 6) is -0.0709. The largest absolute Gasteiger partial charge is 0.207 e. The highest BCUT2D eigenvalue weighted by Crippen LogP contribution is 2.34. The zero-order chi connectivity index (χ0) is 15.3. The Morgan fingerprint density at radius 3 is 1.95 bits per heavy atom. The van der Waals surface area contributed by atoms with Crippen LogP contribution in [0.3, 0.4) is 0 Å². The minimum Gasteiger partial charge on any atom is -0.207 e. The maximum absolute atomic E-state index is 14.4. The molecule has 0 bridgehead atoms. The molecular formula is C18H28F2. The fourth-order valence-electron chi connectivity index (χ4n) is 2.73. The Hall–Kier alpha value is -0.920. The number of hydrogen-bond donors (Lipinski definition) is 0. The Balaban J connectivity index is 3.15. The van der Waals surface area contributed by atoms with Gasteiger partial charge in [-0.2, -0.15) is 0 Å². The average molecular weight is 282 g/mol. The second-order valence-electron chi connectivity index (χ2n) is 6.08. The minimum atomic E-state index is -0.279. The minimum absolute atomic E-state index is 0.249. The fourth-order valence-corrected chi connectivity index (χ4v) is 2.73. The molecule has 0 heterocycles. The Labute approximate surface area is 122 Å². The third kappa shape index (κ3) is 3.59.